The van der Waals surface area contributed by atoms with Crippen molar-refractivity contribution in [1.82, 2.24) is 15.0 Å². The van der Waals surface area contributed by atoms with Gasteiger partial charge in [0.1, 0.15) is 11.6 Å². The first-order valence-corrected chi connectivity index (χ1v) is 4.86. The number of hydrogen-bond acceptors (Lipinski definition) is 3. The predicted molar refractivity (Wildman–Crippen MR) is 54.8 cm³/mol. The standard InChI is InChI=1S/C10H12N4/c1-5-4-6(5)9-12-7-2-3-8(11)13-10(7)14-9/h2-3,5-6H,4H2,1H3,(H3,11,12,13,14). The molecule has 3 rings (SSSR count). The van der Waals surface area contributed by atoms with Crippen LogP contribution < -0.4 is 5.73 Å². The highest BCUT2D eigenvalue weighted by Gasteiger charge is 2.36. The number of nitrogens with zero attached hydrogens (tertiary/aromatic N) is 2. The van der Waals surface area contributed by atoms with Gasteiger partial charge in [0.05, 0.1) is 5.52 Å². The van der Waals surface area contributed by atoms with Crippen molar-refractivity contribution < 1.29 is 0 Å². The zero-order valence-electron chi connectivity index (χ0n) is 7.99. The van der Waals surface area contributed by atoms with Crippen LogP contribution in [0.2, 0.25) is 0 Å². The molecule has 72 valence electrons. The highest BCUT2D eigenvalue weighted by atomic mass is 15.0. The monoisotopic (exact) mass is 188 g/mol. The van der Waals surface area contributed by atoms with E-state index in [0.717, 1.165) is 22.9 Å². The molecule has 4 nitrogen and oxygen atoms in total. The van der Waals surface area contributed by atoms with Gasteiger partial charge in [-0.25, -0.2) is 9.97 Å². The lowest BCUT2D eigenvalue weighted by Gasteiger charge is -1.88. The zero-order chi connectivity index (χ0) is 9.71. The second kappa shape index (κ2) is 2.47. The molecule has 14 heavy (non-hydrogen) atoms. The molecule has 2 heterocycles. The number of aromatic nitrogens is 3. The molecule has 0 amide bonds. The van der Waals surface area contributed by atoms with Gasteiger partial charge in [-0.05, 0) is 24.5 Å². The summed E-state index contributed by atoms with van der Waals surface area (Å²) >= 11 is 0. The summed E-state index contributed by atoms with van der Waals surface area (Å²) in [5.74, 6) is 2.95. The topological polar surface area (TPSA) is 67.6 Å². The number of nitrogen functional groups attached to an aromatic ring is 1. The Morgan fingerprint density at radius 1 is 1.43 bits per heavy atom. The smallest absolute Gasteiger partial charge is 0.179 e. The third-order valence-corrected chi connectivity index (χ3v) is 2.85. The first kappa shape index (κ1) is 7.79. The predicted octanol–water partition coefficient (Wildman–Crippen LogP) is 1.66. The fourth-order valence-corrected chi connectivity index (χ4v) is 1.80. The van der Waals surface area contributed by atoms with E-state index in [2.05, 4.69) is 21.9 Å². The third-order valence-electron chi connectivity index (χ3n) is 2.85. The van der Waals surface area contributed by atoms with Gasteiger partial charge in [-0.2, -0.15) is 0 Å². The number of nitrogens with one attached hydrogen (secondary N) is 1. The Hall–Kier alpha value is -1.58. The molecule has 2 aromatic heterocycles. The zero-order valence-corrected chi connectivity index (χ0v) is 7.99. The van der Waals surface area contributed by atoms with Crippen LogP contribution in [0.15, 0.2) is 12.1 Å². The van der Waals surface area contributed by atoms with E-state index in [-0.39, 0.29) is 0 Å². The van der Waals surface area contributed by atoms with Gasteiger partial charge >= 0.3 is 0 Å². The first-order valence-electron chi connectivity index (χ1n) is 4.86. The van der Waals surface area contributed by atoms with Crippen molar-refractivity contribution in [3.8, 4) is 0 Å². The fourth-order valence-electron chi connectivity index (χ4n) is 1.80. The SMILES string of the molecule is CC1CC1c1nc2nc(N)ccc2[nH]1. The van der Waals surface area contributed by atoms with Crippen LogP contribution in [0.1, 0.15) is 25.1 Å². The van der Waals surface area contributed by atoms with Crippen LogP contribution in [0.25, 0.3) is 11.2 Å². The van der Waals surface area contributed by atoms with E-state index in [4.69, 9.17) is 5.73 Å². The van der Waals surface area contributed by atoms with E-state index in [0.29, 0.717) is 11.7 Å². The Kier molecular flexibility index (Phi) is 1.37. The summed E-state index contributed by atoms with van der Waals surface area (Å²) in [7, 11) is 0. The van der Waals surface area contributed by atoms with E-state index in [1.807, 2.05) is 6.07 Å². The summed E-state index contributed by atoms with van der Waals surface area (Å²) in [5.41, 5.74) is 7.30. The molecule has 1 aliphatic carbocycles. The molecule has 1 saturated carbocycles. The summed E-state index contributed by atoms with van der Waals surface area (Å²) in [5, 5.41) is 0. The lowest BCUT2D eigenvalue weighted by atomic mass is 10.3. The Morgan fingerprint density at radius 2 is 2.21 bits per heavy atom. The number of fused-ring (bicyclic) bond motifs is 1. The van der Waals surface area contributed by atoms with Crippen LogP contribution in [0.4, 0.5) is 5.82 Å². The number of pyridine rings is 1. The van der Waals surface area contributed by atoms with E-state index in [1.54, 1.807) is 6.07 Å². The molecule has 0 saturated heterocycles. The van der Waals surface area contributed by atoms with Crippen LogP contribution in [-0.2, 0) is 0 Å². The van der Waals surface area contributed by atoms with Crippen molar-refractivity contribution in [3.05, 3.63) is 18.0 Å². The molecule has 2 atom stereocenters. The van der Waals surface area contributed by atoms with E-state index >= 15 is 0 Å². The van der Waals surface area contributed by atoms with Crippen molar-refractivity contribution in [2.75, 3.05) is 5.73 Å². The first-order chi connectivity index (χ1) is 6.74. The van der Waals surface area contributed by atoms with Gasteiger partial charge in [-0.1, -0.05) is 6.92 Å². The molecule has 1 fully saturated rings. The average Bonchev–Trinajstić information content (AvgIpc) is 2.75. The minimum Gasteiger partial charge on any atom is -0.384 e. The van der Waals surface area contributed by atoms with Gasteiger partial charge in [-0.15, -0.1) is 0 Å². The minimum atomic E-state index is 0.527. The number of hydrogen-bond donors (Lipinski definition) is 2. The molecule has 0 aliphatic heterocycles. The van der Waals surface area contributed by atoms with Crippen molar-refractivity contribution in [2.45, 2.75) is 19.3 Å². The van der Waals surface area contributed by atoms with Crippen molar-refractivity contribution in [2.24, 2.45) is 5.92 Å². The molecule has 2 aromatic rings. The van der Waals surface area contributed by atoms with Crippen molar-refractivity contribution >= 4 is 17.0 Å². The van der Waals surface area contributed by atoms with Crippen molar-refractivity contribution in [3.63, 3.8) is 0 Å². The van der Waals surface area contributed by atoms with Crippen LogP contribution in [0.3, 0.4) is 0 Å². The normalized spacial score (nSPS) is 25.5. The van der Waals surface area contributed by atoms with Gasteiger partial charge in [0.15, 0.2) is 5.65 Å². The number of rotatable bonds is 1. The molecule has 3 N–H and O–H groups in total. The largest absolute Gasteiger partial charge is 0.384 e. The average molecular weight is 188 g/mol. The molecule has 4 heteroatoms. The maximum atomic E-state index is 5.59. The van der Waals surface area contributed by atoms with E-state index < -0.39 is 0 Å². The molecule has 0 spiro atoms. The van der Waals surface area contributed by atoms with Gasteiger partial charge in [0.2, 0.25) is 0 Å². The second-order valence-electron chi connectivity index (χ2n) is 4.05. The lowest BCUT2D eigenvalue weighted by Crippen LogP contribution is -1.88. The summed E-state index contributed by atoms with van der Waals surface area (Å²) in [6.45, 7) is 2.24. The van der Waals surface area contributed by atoms with Gasteiger partial charge in [-0.3, -0.25) is 0 Å². The quantitative estimate of drug-likeness (QED) is 0.715. The molecule has 0 radical (unpaired) electrons. The Bertz CT molecular complexity index is 488. The fraction of sp³-hybridized carbons (Fsp3) is 0.400. The number of nitrogens with two attached hydrogens (primary N) is 1. The maximum absolute atomic E-state index is 5.59. The van der Waals surface area contributed by atoms with Gasteiger partial charge in [0.25, 0.3) is 0 Å². The number of imidazole rings is 1. The highest BCUT2D eigenvalue weighted by molar-refractivity contribution is 5.72. The molecule has 1 aliphatic rings. The van der Waals surface area contributed by atoms with E-state index in [1.165, 1.54) is 6.42 Å². The van der Waals surface area contributed by atoms with Crippen LogP contribution >= 0.6 is 0 Å². The summed E-state index contributed by atoms with van der Waals surface area (Å²) in [4.78, 5) is 11.9. The molecule has 0 aromatic carbocycles. The lowest BCUT2D eigenvalue weighted by molar-refractivity contribution is 0.866. The molecule has 2 unspecified atom stereocenters. The highest BCUT2D eigenvalue weighted by Crippen LogP contribution is 2.45. The summed E-state index contributed by atoms with van der Waals surface area (Å²) in [6, 6.07) is 3.72. The Balaban J connectivity index is 2.11. The van der Waals surface area contributed by atoms with Crippen LogP contribution in [-0.4, -0.2) is 15.0 Å². The third kappa shape index (κ3) is 1.07. The maximum Gasteiger partial charge on any atom is 0.179 e. The Morgan fingerprint density at radius 3 is 2.93 bits per heavy atom. The van der Waals surface area contributed by atoms with Gasteiger partial charge < -0.3 is 10.7 Å². The minimum absolute atomic E-state index is 0.527. The number of aromatic amines is 1. The van der Waals surface area contributed by atoms with E-state index in [9.17, 15) is 0 Å². The molecular weight excluding hydrogens is 176 g/mol. The number of H-pyrrole nitrogens is 1. The molecule has 0 bridgehead atoms. The Labute approximate surface area is 81.6 Å². The van der Waals surface area contributed by atoms with Gasteiger partial charge in [0, 0.05) is 5.92 Å². The summed E-state index contributed by atoms with van der Waals surface area (Å²) in [6.07, 6.45) is 1.23. The number of anilines is 1. The van der Waals surface area contributed by atoms with Crippen molar-refractivity contribution in [1.29, 1.82) is 0 Å². The van der Waals surface area contributed by atoms with Crippen LogP contribution in [0.5, 0.6) is 0 Å². The summed E-state index contributed by atoms with van der Waals surface area (Å²) < 4.78 is 0. The van der Waals surface area contributed by atoms with Crippen LogP contribution in [0, 0.1) is 5.92 Å². The molecular formula is C10H12N4. The second-order valence-corrected chi connectivity index (χ2v) is 4.05.